The second-order valence-electron chi connectivity index (χ2n) is 4.44. The monoisotopic (exact) mass is 369 g/mol. The van der Waals surface area contributed by atoms with E-state index in [0.29, 0.717) is 5.69 Å². The average molecular weight is 370 g/mol. The van der Waals surface area contributed by atoms with Crippen molar-refractivity contribution in [2.45, 2.75) is 26.3 Å². The number of anilines is 1. The van der Waals surface area contributed by atoms with Crippen LogP contribution >= 0.6 is 15.9 Å². The molecule has 0 amide bonds. The van der Waals surface area contributed by atoms with Crippen molar-refractivity contribution in [2.75, 3.05) is 12.4 Å². The maximum absolute atomic E-state index is 12.2. The minimum Gasteiger partial charge on any atom is -0.469 e. The molecule has 0 aromatic heterocycles. The molecule has 8 heteroatoms. The Morgan fingerprint density at radius 1 is 1.33 bits per heavy atom. The third kappa shape index (κ3) is 5.45. The zero-order chi connectivity index (χ0) is 16.2. The number of nitrogens with one attached hydrogen (secondary N) is 1. The van der Waals surface area contributed by atoms with Gasteiger partial charge in [0.2, 0.25) is 0 Å². The second-order valence-corrected chi connectivity index (χ2v) is 5.29. The van der Waals surface area contributed by atoms with E-state index in [1.807, 2.05) is 0 Å². The van der Waals surface area contributed by atoms with Gasteiger partial charge in [-0.05, 0) is 48.0 Å². The van der Waals surface area contributed by atoms with Crippen LogP contribution in [0.15, 0.2) is 22.7 Å². The van der Waals surface area contributed by atoms with Crippen LogP contribution in [0.2, 0.25) is 0 Å². The van der Waals surface area contributed by atoms with Crippen LogP contribution in [-0.4, -0.2) is 25.5 Å². The van der Waals surface area contributed by atoms with Gasteiger partial charge >= 0.3 is 12.3 Å². The summed E-state index contributed by atoms with van der Waals surface area (Å²) in [6, 6.07) is 3.82. The highest BCUT2D eigenvalue weighted by Gasteiger charge is 2.32. The number of carbonyl (C=O) groups excluding carboxylic acids is 1. The molecular formula is C13H15BrF3NO3. The fourth-order valence-corrected chi connectivity index (χ4v) is 2.04. The van der Waals surface area contributed by atoms with Gasteiger partial charge in [-0.3, -0.25) is 4.79 Å². The number of methoxy groups -OCH3 is 1. The molecule has 0 heterocycles. The maximum Gasteiger partial charge on any atom is 0.573 e. The zero-order valence-corrected chi connectivity index (χ0v) is 13.2. The molecule has 2 atom stereocenters. The molecule has 1 rings (SSSR count). The highest BCUT2D eigenvalue weighted by molar-refractivity contribution is 9.10. The molecule has 118 valence electrons. The van der Waals surface area contributed by atoms with Gasteiger partial charge in [0, 0.05) is 11.7 Å². The van der Waals surface area contributed by atoms with Crippen molar-refractivity contribution in [1.29, 1.82) is 0 Å². The summed E-state index contributed by atoms with van der Waals surface area (Å²) in [5, 5.41) is 3.02. The number of carbonyl (C=O) groups is 1. The Labute approximate surface area is 128 Å². The first-order chi connectivity index (χ1) is 9.64. The Morgan fingerprint density at radius 2 is 1.95 bits per heavy atom. The quantitative estimate of drug-likeness (QED) is 0.798. The van der Waals surface area contributed by atoms with Crippen LogP contribution < -0.4 is 10.1 Å². The van der Waals surface area contributed by atoms with E-state index in [1.54, 1.807) is 13.8 Å². The van der Waals surface area contributed by atoms with Crippen molar-refractivity contribution < 1.29 is 27.4 Å². The lowest BCUT2D eigenvalue weighted by Gasteiger charge is -2.21. The molecule has 21 heavy (non-hydrogen) atoms. The first-order valence-electron chi connectivity index (χ1n) is 6.03. The highest BCUT2D eigenvalue weighted by atomic mass is 79.9. The fraction of sp³-hybridized carbons (Fsp3) is 0.462. The van der Waals surface area contributed by atoms with Gasteiger partial charge < -0.3 is 14.8 Å². The van der Waals surface area contributed by atoms with E-state index in [1.165, 1.54) is 25.3 Å². The molecule has 0 fully saturated rings. The Morgan fingerprint density at radius 3 is 2.43 bits per heavy atom. The summed E-state index contributed by atoms with van der Waals surface area (Å²) >= 11 is 3.01. The summed E-state index contributed by atoms with van der Waals surface area (Å²) in [5.74, 6) is -1.10. The molecular weight excluding hydrogens is 355 g/mol. The number of halogens is 4. The summed E-state index contributed by atoms with van der Waals surface area (Å²) < 4.78 is 45.1. The van der Waals surface area contributed by atoms with Crippen molar-refractivity contribution in [3.63, 3.8) is 0 Å². The normalized spacial score (nSPS) is 14.2. The number of esters is 1. The molecule has 2 unspecified atom stereocenters. The van der Waals surface area contributed by atoms with Gasteiger partial charge in [0.05, 0.1) is 17.5 Å². The Bertz CT molecular complexity index is 508. The highest BCUT2D eigenvalue weighted by Crippen LogP contribution is 2.32. The van der Waals surface area contributed by atoms with E-state index in [2.05, 4.69) is 30.7 Å². The standard InChI is InChI=1S/C13H15BrF3NO3/c1-7(12(19)20-3)8(2)18-9-4-5-11(10(14)6-9)21-13(15,16)17/h4-8,18H,1-3H3. The molecule has 0 saturated heterocycles. The Kier molecular flexibility index (Phi) is 5.88. The van der Waals surface area contributed by atoms with Crippen LogP contribution in [0.5, 0.6) is 5.75 Å². The van der Waals surface area contributed by atoms with Gasteiger partial charge in [-0.15, -0.1) is 13.2 Å². The molecule has 0 aliphatic rings. The van der Waals surface area contributed by atoms with Crippen molar-refractivity contribution in [3.8, 4) is 5.75 Å². The number of hydrogen-bond acceptors (Lipinski definition) is 4. The third-order valence-corrected chi connectivity index (χ3v) is 3.49. The maximum atomic E-state index is 12.2. The predicted octanol–water partition coefficient (Wildman–Crippen LogP) is 3.96. The molecule has 0 saturated carbocycles. The number of benzene rings is 1. The molecule has 1 aromatic rings. The molecule has 1 N–H and O–H groups in total. The smallest absolute Gasteiger partial charge is 0.469 e. The van der Waals surface area contributed by atoms with E-state index in [-0.39, 0.29) is 22.2 Å². The van der Waals surface area contributed by atoms with Crippen molar-refractivity contribution in [1.82, 2.24) is 0 Å². The van der Waals surface area contributed by atoms with Crippen LogP contribution in [0.4, 0.5) is 18.9 Å². The van der Waals surface area contributed by atoms with Crippen molar-refractivity contribution in [3.05, 3.63) is 22.7 Å². The van der Waals surface area contributed by atoms with E-state index < -0.39 is 12.3 Å². The van der Waals surface area contributed by atoms with Crippen LogP contribution in [0.25, 0.3) is 0 Å². The number of rotatable bonds is 5. The molecule has 4 nitrogen and oxygen atoms in total. The summed E-state index contributed by atoms with van der Waals surface area (Å²) in [5.41, 5.74) is 0.555. The minimum atomic E-state index is -4.75. The van der Waals surface area contributed by atoms with Crippen LogP contribution in [-0.2, 0) is 9.53 Å². The zero-order valence-electron chi connectivity index (χ0n) is 11.6. The summed E-state index contributed by atoms with van der Waals surface area (Å²) in [7, 11) is 1.30. The second kappa shape index (κ2) is 7.02. The van der Waals surface area contributed by atoms with Crippen LogP contribution in [0.1, 0.15) is 13.8 Å². The van der Waals surface area contributed by atoms with Gasteiger partial charge in [0.1, 0.15) is 5.75 Å². The van der Waals surface area contributed by atoms with E-state index in [9.17, 15) is 18.0 Å². The first kappa shape index (κ1) is 17.6. The lowest BCUT2D eigenvalue weighted by Crippen LogP contribution is -2.30. The van der Waals surface area contributed by atoms with Crippen molar-refractivity contribution in [2.24, 2.45) is 5.92 Å². The Balaban J connectivity index is 2.78. The molecule has 0 aliphatic carbocycles. The summed E-state index contributed by atoms with van der Waals surface area (Å²) in [4.78, 5) is 11.4. The molecule has 1 aromatic carbocycles. The van der Waals surface area contributed by atoms with Gasteiger partial charge in [0.25, 0.3) is 0 Å². The van der Waals surface area contributed by atoms with E-state index in [4.69, 9.17) is 0 Å². The Hall–Kier alpha value is -1.44. The predicted molar refractivity (Wildman–Crippen MR) is 75.1 cm³/mol. The minimum absolute atomic E-state index is 0.155. The summed E-state index contributed by atoms with van der Waals surface area (Å²) in [6.45, 7) is 3.47. The fourth-order valence-electron chi connectivity index (χ4n) is 1.58. The van der Waals surface area contributed by atoms with Gasteiger partial charge in [0.15, 0.2) is 0 Å². The first-order valence-corrected chi connectivity index (χ1v) is 6.83. The number of hydrogen-bond donors (Lipinski definition) is 1. The lowest BCUT2D eigenvalue weighted by atomic mass is 10.0. The summed E-state index contributed by atoms with van der Waals surface area (Å²) in [6.07, 6.45) is -4.75. The van der Waals surface area contributed by atoms with Gasteiger partial charge in [-0.25, -0.2) is 0 Å². The van der Waals surface area contributed by atoms with Crippen LogP contribution in [0.3, 0.4) is 0 Å². The van der Waals surface area contributed by atoms with Gasteiger partial charge in [-0.1, -0.05) is 0 Å². The lowest BCUT2D eigenvalue weighted by molar-refractivity contribution is -0.274. The number of ether oxygens (including phenoxy) is 2. The van der Waals surface area contributed by atoms with Gasteiger partial charge in [-0.2, -0.15) is 0 Å². The average Bonchev–Trinajstić information content (AvgIpc) is 2.38. The largest absolute Gasteiger partial charge is 0.573 e. The SMILES string of the molecule is COC(=O)C(C)C(C)Nc1ccc(OC(F)(F)F)c(Br)c1. The third-order valence-electron chi connectivity index (χ3n) is 2.87. The van der Waals surface area contributed by atoms with E-state index >= 15 is 0 Å². The van der Waals surface area contributed by atoms with Crippen LogP contribution in [0, 0.1) is 5.92 Å². The van der Waals surface area contributed by atoms with E-state index in [0.717, 1.165) is 0 Å². The molecule has 0 aliphatic heterocycles. The molecule has 0 spiro atoms. The molecule has 0 radical (unpaired) electrons. The molecule has 0 bridgehead atoms. The van der Waals surface area contributed by atoms with Crippen molar-refractivity contribution >= 4 is 27.6 Å². The number of alkyl halides is 3. The topological polar surface area (TPSA) is 47.6 Å².